The highest BCUT2D eigenvalue weighted by atomic mass is 35.5. The molecule has 11 heavy (non-hydrogen) atoms. The zero-order valence-corrected chi connectivity index (χ0v) is 8.00. The number of thiazole rings is 1. The van der Waals surface area contributed by atoms with Crippen LogP contribution in [-0.4, -0.2) is 10.9 Å². The van der Waals surface area contributed by atoms with Gasteiger partial charge in [-0.2, -0.15) is 0 Å². The minimum absolute atomic E-state index is 0.659. The van der Waals surface area contributed by atoms with Crippen molar-refractivity contribution in [1.82, 2.24) is 4.98 Å². The third-order valence-electron chi connectivity index (χ3n) is 1.45. The van der Waals surface area contributed by atoms with Crippen LogP contribution in [0.15, 0.2) is 0 Å². The van der Waals surface area contributed by atoms with Gasteiger partial charge in [-0.1, -0.05) is 0 Å². The second kappa shape index (κ2) is 3.93. The molecule has 0 aromatic carbocycles. The van der Waals surface area contributed by atoms with E-state index in [0.717, 1.165) is 18.5 Å². The summed E-state index contributed by atoms with van der Waals surface area (Å²) in [5, 5.41) is 0.659. The first-order valence-electron chi connectivity index (χ1n) is 3.51. The van der Waals surface area contributed by atoms with Gasteiger partial charge in [0.15, 0.2) is 5.13 Å². The molecule has 4 heteroatoms. The largest absolute Gasteiger partial charge is 0.375 e. The predicted molar refractivity (Wildman–Crippen MR) is 50.3 cm³/mol. The van der Waals surface area contributed by atoms with Gasteiger partial charge in [0.05, 0.1) is 5.69 Å². The molecule has 62 valence electrons. The lowest BCUT2D eigenvalue weighted by Gasteiger charge is -1.92. The molecule has 1 aromatic heterocycles. The highest BCUT2D eigenvalue weighted by molar-refractivity contribution is 7.15. The fourth-order valence-electron chi connectivity index (χ4n) is 0.910. The van der Waals surface area contributed by atoms with Crippen molar-refractivity contribution in [2.75, 3.05) is 11.6 Å². The third-order valence-corrected chi connectivity index (χ3v) is 2.76. The van der Waals surface area contributed by atoms with E-state index < -0.39 is 0 Å². The predicted octanol–water partition coefficient (Wildman–Crippen LogP) is 2.21. The lowest BCUT2D eigenvalue weighted by atomic mass is 10.2. The maximum absolute atomic E-state index is 5.56. The van der Waals surface area contributed by atoms with Gasteiger partial charge in [0.1, 0.15) is 0 Å². The molecule has 0 atom stereocenters. The molecule has 2 nitrogen and oxygen atoms in total. The topological polar surface area (TPSA) is 38.9 Å². The van der Waals surface area contributed by atoms with E-state index in [1.165, 1.54) is 4.88 Å². The smallest absolute Gasteiger partial charge is 0.180 e. The van der Waals surface area contributed by atoms with Gasteiger partial charge in [0.25, 0.3) is 0 Å². The summed E-state index contributed by atoms with van der Waals surface area (Å²) < 4.78 is 0. The number of nitrogen functional groups attached to an aromatic ring is 1. The van der Waals surface area contributed by atoms with E-state index in [-0.39, 0.29) is 0 Å². The van der Waals surface area contributed by atoms with Gasteiger partial charge < -0.3 is 5.73 Å². The van der Waals surface area contributed by atoms with Crippen LogP contribution in [0.1, 0.15) is 17.0 Å². The Kier molecular flexibility index (Phi) is 3.15. The Labute approximate surface area is 75.4 Å². The van der Waals surface area contributed by atoms with Gasteiger partial charge in [-0.15, -0.1) is 22.9 Å². The summed E-state index contributed by atoms with van der Waals surface area (Å²) in [5.41, 5.74) is 6.58. The van der Waals surface area contributed by atoms with Gasteiger partial charge in [-0.25, -0.2) is 4.98 Å². The standard InChI is InChI=1S/C7H11ClN2S/c1-5-6(3-2-4-8)11-7(9)10-5/h2-4H2,1H3,(H2,9,10). The van der Waals surface area contributed by atoms with Crippen LogP contribution in [0.25, 0.3) is 0 Å². The maximum Gasteiger partial charge on any atom is 0.180 e. The third kappa shape index (κ3) is 2.34. The Balaban J connectivity index is 2.62. The number of hydrogen-bond donors (Lipinski definition) is 1. The number of nitrogens with zero attached hydrogens (tertiary/aromatic N) is 1. The first kappa shape index (κ1) is 8.81. The van der Waals surface area contributed by atoms with E-state index in [1.807, 2.05) is 6.92 Å². The van der Waals surface area contributed by atoms with Gasteiger partial charge >= 0.3 is 0 Å². The Morgan fingerprint density at radius 1 is 1.64 bits per heavy atom. The second-order valence-electron chi connectivity index (χ2n) is 2.35. The Hall–Kier alpha value is -0.280. The van der Waals surface area contributed by atoms with Crippen LogP contribution >= 0.6 is 22.9 Å². The monoisotopic (exact) mass is 190 g/mol. The van der Waals surface area contributed by atoms with Crippen molar-refractivity contribution in [3.05, 3.63) is 10.6 Å². The molecule has 0 radical (unpaired) electrons. The molecule has 0 amide bonds. The summed E-state index contributed by atoms with van der Waals surface area (Å²) in [6, 6.07) is 0. The quantitative estimate of drug-likeness (QED) is 0.743. The molecule has 0 unspecified atom stereocenters. The molecule has 1 rings (SSSR count). The van der Waals surface area contributed by atoms with Gasteiger partial charge in [0.2, 0.25) is 0 Å². The van der Waals surface area contributed by atoms with Crippen molar-refractivity contribution >= 4 is 28.1 Å². The van der Waals surface area contributed by atoms with Crippen LogP contribution in [0.5, 0.6) is 0 Å². The normalized spacial score (nSPS) is 10.4. The highest BCUT2D eigenvalue weighted by Crippen LogP contribution is 2.20. The summed E-state index contributed by atoms with van der Waals surface area (Å²) >= 11 is 7.13. The van der Waals surface area contributed by atoms with E-state index in [1.54, 1.807) is 11.3 Å². The van der Waals surface area contributed by atoms with E-state index in [2.05, 4.69) is 4.98 Å². The SMILES string of the molecule is Cc1nc(N)sc1CCCCl. The van der Waals surface area contributed by atoms with Crippen molar-refractivity contribution in [2.45, 2.75) is 19.8 Å². The zero-order valence-electron chi connectivity index (χ0n) is 6.43. The van der Waals surface area contributed by atoms with Crippen molar-refractivity contribution in [1.29, 1.82) is 0 Å². The van der Waals surface area contributed by atoms with Gasteiger partial charge in [-0.05, 0) is 19.8 Å². The average Bonchev–Trinajstić information content (AvgIpc) is 2.26. The Morgan fingerprint density at radius 2 is 2.36 bits per heavy atom. The molecule has 0 spiro atoms. The van der Waals surface area contributed by atoms with Crippen molar-refractivity contribution < 1.29 is 0 Å². The number of hydrogen-bond acceptors (Lipinski definition) is 3. The van der Waals surface area contributed by atoms with E-state index in [4.69, 9.17) is 17.3 Å². The van der Waals surface area contributed by atoms with Crippen LogP contribution in [-0.2, 0) is 6.42 Å². The number of alkyl halides is 1. The molecule has 0 aliphatic rings. The van der Waals surface area contributed by atoms with Crippen LogP contribution in [0.3, 0.4) is 0 Å². The first-order chi connectivity index (χ1) is 5.24. The average molecular weight is 191 g/mol. The van der Waals surface area contributed by atoms with Crippen LogP contribution < -0.4 is 5.73 Å². The Morgan fingerprint density at radius 3 is 2.82 bits per heavy atom. The molecule has 1 heterocycles. The van der Waals surface area contributed by atoms with Crippen LogP contribution in [0.2, 0.25) is 0 Å². The Bertz CT molecular complexity index is 234. The fourth-order valence-corrected chi connectivity index (χ4v) is 1.92. The summed E-state index contributed by atoms with van der Waals surface area (Å²) in [6.45, 7) is 1.98. The number of rotatable bonds is 3. The van der Waals surface area contributed by atoms with E-state index >= 15 is 0 Å². The minimum atomic E-state index is 0.659. The number of halogens is 1. The van der Waals surface area contributed by atoms with Crippen molar-refractivity contribution in [3.63, 3.8) is 0 Å². The summed E-state index contributed by atoms with van der Waals surface area (Å²) in [4.78, 5) is 5.38. The molecular formula is C7H11ClN2S. The minimum Gasteiger partial charge on any atom is -0.375 e. The van der Waals surface area contributed by atoms with Crippen molar-refractivity contribution in [3.8, 4) is 0 Å². The fraction of sp³-hybridized carbons (Fsp3) is 0.571. The molecule has 0 bridgehead atoms. The first-order valence-corrected chi connectivity index (χ1v) is 4.87. The maximum atomic E-state index is 5.56. The summed E-state index contributed by atoms with van der Waals surface area (Å²) in [5.74, 6) is 0.706. The molecular weight excluding hydrogens is 180 g/mol. The number of nitrogens with two attached hydrogens (primary N) is 1. The van der Waals surface area contributed by atoms with E-state index in [9.17, 15) is 0 Å². The lowest BCUT2D eigenvalue weighted by Crippen LogP contribution is -1.85. The molecule has 0 fully saturated rings. The van der Waals surface area contributed by atoms with Crippen LogP contribution in [0, 0.1) is 6.92 Å². The second-order valence-corrected chi connectivity index (χ2v) is 3.85. The molecule has 0 saturated carbocycles. The van der Waals surface area contributed by atoms with Crippen molar-refractivity contribution in [2.24, 2.45) is 0 Å². The summed E-state index contributed by atoms with van der Waals surface area (Å²) in [6.07, 6.45) is 2.01. The number of aromatic nitrogens is 1. The molecule has 2 N–H and O–H groups in total. The molecule has 0 saturated heterocycles. The van der Waals surface area contributed by atoms with E-state index in [0.29, 0.717) is 11.0 Å². The van der Waals surface area contributed by atoms with Gasteiger partial charge in [-0.3, -0.25) is 0 Å². The van der Waals surface area contributed by atoms with Gasteiger partial charge in [0, 0.05) is 10.8 Å². The number of anilines is 1. The molecule has 0 aliphatic heterocycles. The molecule has 0 aliphatic carbocycles. The highest BCUT2D eigenvalue weighted by Gasteiger charge is 2.03. The molecule has 1 aromatic rings. The van der Waals surface area contributed by atoms with Crippen LogP contribution in [0.4, 0.5) is 5.13 Å². The lowest BCUT2D eigenvalue weighted by molar-refractivity contribution is 0.932. The summed E-state index contributed by atoms with van der Waals surface area (Å²) in [7, 11) is 0. The number of aryl methyl sites for hydroxylation is 2. The zero-order chi connectivity index (χ0) is 8.27.